The average Bonchev–Trinajstić information content (AvgIpc) is 2.57. The van der Waals surface area contributed by atoms with Gasteiger partial charge in [-0.3, -0.25) is 4.79 Å². The van der Waals surface area contributed by atoms with E-state index in [-0.39, 0.29) is 17.4 Å². The summed E-state index contributed by atoms with van der Waals surface area (Å²) >= 11 is 3.22. The zero-order chi connectivity index (χ0) is 18.6. The van der Waals surface area contributed by atoms with Gasteiger partial charge in [0.15, 0.2) is 6.61 Å². The lowest BCUT2D eigenvalue weighted by molar-refractivity contribution is -0.124. The Kier molecular flexibility index (Phi) is 6.20. The molecule has 0 aliphatic rings. The molecular formula is C19H20BrNO4. The fraction of sp³-hybridized carbons (Fsp3) is 0.263. The Balaban J connectivity index is 1.92. The highest BCUT2D eigenvalue weighted by molar-refractivity contribution is 9.10. The standard InChI is InChI=1S/C19H20BrNO4/c1-11-4-5-14(8-12(11)2)13(3)21-18(23)10-25-19(24)16-9-15(20)6-7-17(16)22/h4-9,13,22H,10H2,1-3H3,(H,21,23)/t13-/m0/s1. The maximum absolute atomic E-state index is 12.0. The number of carbonyl (C=O) groups is 2. The molecule has 0 saturated carbocycles. The van der Waals surface area contributed by atoms with E-state index in [0.717, 1.165) is 11.1 Å². The topological polar surface area (TPSA) is 75.6 Å². The van der Waals surface area contributed by atoms with E-state index in [1.165, 1.54) is 17.7 Å². The summed E-state index contributed by atoms with van der Waals surface area (Å²) in [4.78, 5) is 24.0. The minimum Gasteiger partial charge on any atom is -0.507 e. The molecule has 0 aliphatic carbocycles. The molecule has 0 unspecified atom stereocenters. The van der Waals surface area contributed by atoms with Crippen LogP contribution >= 0.6 is 15.9 Å². The van der Waals surface area contributed by atoms with Crippen LogP contribution in [0.5, 0.6) is 5.75 Å². The molecule has 6 heteroatoms. The second-order valence-corrected chi connectivity index (χ2v) is 6.79. The van der Waals surface area contributed by atoms with Crippen LogP contribution in [0.1, 0.15) is 40.0 Å². The first kappa shape index (κ1) is 19.0. The number of hydrogen-bond donors (Lipinski definition) is 2. The van der Waals surface area contributed by atoms with Crippen molar-refractivity contribution in [2.45, 2.75) is 26.8 Å². The van der Waals surface area contributed by atoms with Crippen LogP contribution < -0.4 is 5.32 Å². The number of halogens is 1. The highest BCUT2D eigenvalue weighted by atomic mass is 79.9. The predicted molar refractivity (Wildman–Crippen MR) is 98.6 cm³/mol. The van der Waals surface area contributed by atoms with Gasteiger partial charge in [0.2, 0.25) is 0 Å². The van der Waals surface area contributed by atoms with Gasteiger partial charge in [0, 0.05) is 4.47 Å². The number of amides is 1. The first-order chi connectivity index (χ1) is 11.8. The number of phenols is 1. The van der Waals surface area contributed by atoms with E-state index in [0.29, 0.717) is 4.47 Å². The molecule has 5 nitrogen and oxygen atoms in total. The number of benzene rings is 2. The summed E-state index contributed by atoms with van der Waals surface area (Å²) in [7, 11) is 0. The van der Waals surface area contributed by atoms with Crippen LogP contribution in [0.25, 0.3) is 0 Å². The zero-order valence-electron chi connectivity index (χ0n) is 14.3. The smallest absolute Gasteiger partial charge is 0.342 e. The third-order valence-corrected chi connectivity index (χ3v) is 4.41. The molecule has 2 aromatic rings. The van der Waals surface area contributed by atoms with Crippen molar-refractivity contribution in [3.8, 4) is 5.75 Å². The molecule has 0 aliphatic heterocycles. The number of hydrogen-bond acceptors (Lipinski definition) is 4. The number of nitrogens with one attached hydrogen (secondary N) is 1. The quantitative estimate of drug-likeness (QED) is 0.741. The minimum atomic E-state index is -0.757. The van der Waals surface area contributed by atoms with Gasteiger partial charge >= 0.3 is 5.97 Å². The van der Waals surface area contributed by atoms with E-state index in [1.54, 1.807) is 6.07 Å². The summed E-state index contributed by atoms with van der Waals surface area (Å²) in [6, 6.07) is 10.2. The van der Waals surface area contributed by atoms with Crippen molar-refractivity contribution in [1.29, 1.82) is 0 Å². The normalized spacial score (nSPS) is 11.7. The molecule has 1 amide bonds. The van der Waals surface area contributed by atoms with Crippen molar-refractivity contribution >= 4 is 27.8 Å². The van der Waals surface area contributed by atoms with Crippen LogP contribution in [0.4, 0.5) is 0 Å². The lowest BCUT2D eigenvalue weighted by Crippen LogP contribution is -2.31. The predicted octanol–water partition coefficient (Wildman–Crippen LogP) is 3.81. The van der Waals surface area contributed by atoms with E-state index < -0.39 is 18.5 Å². The highest BCUT2D eigenvalue weighted by Gasteiger charge is 2.16. The molecule has 0 spiro atoms. The van der Waals surface area contributed by atoms with E-state index in [1.807, 2.05) is 39.0 Å². The summed E-state index contributed by atoms with van der Waals surface area (Å²) in [5.41, 5.74) is 3.32. The maximum atomic E-state index is 12.0. The molecule has 1 atom stereocenters. The Morgan fingerprint density at radius 2 is 1.88 bits per heavy atom. The van der Waals surface area contributed by atoms with Crippen molar-refractivity contribution < 1.29 is 19.4 Å². The molecule has 25 heavy (non-hydrogen) atoms. The lowest BCUT2D eigenvalue weighted by atomic mass is 10.0. The fourth-order valence-electron chi connectivity index (χ4n) is 2.28. The molecule has 0 heterocycles. The maximum Gasteiger partial charge on any atom is 0.342 e. The largest absolute Gasteiger partial charge is 0.507 e. The number of ether oxygens (including phenoxy) is 1. The Morgan fingerprint density at radius 3 is 2.56 bits per heavy atom. The van der Waals surface area contributed by atoms with Crippen LogP contribution in [-0.4, -0.2) is 23.6 Å². The molecule has 0 bridgehead atoms. The van der Waals surface area contributed by atoms with Gasteiger partial charge in [-0.1, -0.05) is 34.1 Å². The summed E-state index contributed by atoms with van der Waals surface area (Å²) in [5.74, 6) is -1.36. The fourth-order valence-corrected chi connectivity index (χ4v) is 2.64. The summed E-state index contributed by atoms with van der Waals surface area (Å²) < 4.78 is 5.60. The van der Waals surface area contributed by atoms with Crippen LogP contribution in [0.2, 0.25) is 0 Å². The molecule has 0 radical (unpaired) electrons. The second kappa shape index (κ2) is 8.16. The van der Waals surface area contributed by atoms with Gasteiger partial charge in [-0.05, 0) is 55.7 Å². The van der Waals surface area contributed by atoms with Gasteiger partial charge in [0.25, 0.3) is 5.91 Å². The zero-order valence-corrected chi connectivity index (χ0v) is 15.9. The number of esters is 1. The number of rotatable bonds is 5. The SMILES string of the molecule is Cc1ccc([C@H](C)NC(=O)COC(=O)c2cc(Br)ccc2O)cc1C. The Bertz CT molecular complexity index is 804. The molecule has 2 rings (SSSR count). The van der Waals surface area contributed by atoms with E-state index in [2.05, 4.69) is 21.2 Å². The number of phenolic OH excluding ortho intramolecular Hbond substituents is 1. The summed E-state index contributed by atoms with van der Waals surface area (Å²) in [6.07, 6.45) is 0. The molecule has 0 saturated heterocycles. The average molecular weight is 406 g/mol. The van der Waals surface area contributed by atoms with Crippen molar-refractivity contribution in [2.24, 2.45) is 0 Å². The van der Waals surface area contributed by atoms with Gasteiger partial charge in [-0.25, -0.2) is 4.79 Å². The van der Waals surface area contributed by atoms with E-state index in [9.17, 15) is 14.7 Å². The van der Waals surface area contributed by atoms with Gasteiger partial charge < -0.3 is 15.2 Å². The van der Waals surface area contributed by atoms with Crippen LogP contribution in [0, 0.1) is 13.8 Å². The van der Waals surface area contributed by atoms with Crippen molar-refractivity contribution in [1.82, 2.24) is 5.32 Å². The molecule has 2 N–H and O–H groups in total. The monoisotopic (exact) mass is 405 g/mol. The number of aromatic hydroxyl groups is 1. The van der Waals surface area contributed by atoms with Crippen LogP contribution in [0.15, 0.2) is 40.9 Å². The first-order valence-electron chi connectivity index (χ1n) is 7.80. The summed E-state index contributed by atoms with van der Waals surface area (Å²) in [5, 5.41) is 12.5. The Morgan fingerprint density at radius 1 is 1.16 bits per heavy atom. The van der Waals surface area contributed by atoms with Gasteiger partial charge in [-0.2, -0.15) is 0 Å². The second-order valence-electron chi connectivity index (χ2n) is 5.87. The number of carbonyl (C=O) groups excluding carboxylic acids is 2. The van der Waals surface area contributed by atoms with E-state index in [4.69, 9.17) is 4.74 Å². The van der Waals surface area contributed by atoms with Crippen molar-refractivity contribution in [3.63, 3.8) is 0 Å². The first-order valence-corrected chi connectivity index (χ1v) is 8.59. The van der Waals surface area contributed by atoms with Crippen LogP contribution in [-0.2, 0) is 9.53 Å². The summed E-state index contributed by atoms with van der Waals surface area (Å²) in [6.45, 7) is 5.49. The number of aryl methyl sites for hydroxylation is 2. The van der Waals surface area contributed by atoms with Crippen LogP contribution in [0.3, 0.4) is 0 Å². The van der Waals surface area contributed by atoms with Gasteiger partial charge in [0.1, 0.15) is 11.3 Å². The van der Waals surface area contributed by atoms with E-state index >= 15 is 0 Å². The Hall–Kier alpha value is -2.34. The van der Waals surface area contributed by atoms with Crippen molar-refractivity contribution in [3.05, 3.63) is 63.1 Å². The lowest BCUT2D eigenvalue weighted by Gasteiger charge is -2.16. The molecule has 2 aromatic carbocycles. The molecule has 132 valence electrons. The third kappa shape index (κ3) is 5.06. The van der Waals surface area contributed by atoms with Gasteiger partial charge in [0.05, 0.1) is 6.04 Å². The van der Waals surface area contributed by atoms with Gasteiger partial charge in [-0.15, -0.1) is 0 Å². The van der Waals surface area contributed by atoms with Crippen molar-refractivity contribution in [2.75, 3.05) is 6.61 Å². The third-order valence-electron chi connectivity index (χ3n) is 3.92. The molecule has 0 fully saturated rings. The molecule has 0 aromatic heterocycles. The molecular weight excluding hydrogens is 386 g/mol. The Labute approximate surface area is 155 Å². The minimum absolute atomic E-state index is 0.00406. The highest BCUT2D eigenvalue weighted by Crippen LogP contribution is 2.22.